The van der Waals surface area contributed by atoms with Crippen LogP contribution in [0.25, 0.3) is 10.9 Å². The molecular weight excluding hydrogens is 282 g/mol. The van der Waals surface area contributed by atoms with Crippen LogP contribution in [-0.2, 0) is 13.0 Å². The Morgan fingerprint density at radius 2 is 2.05 bits per heavy atom. The smallest absolute Gasteiger partial charge is 0.132 e. The van der Waals surface area contributed by atoms with Gasteiger partial charge in [0.2, 0.25) is 0 Å². The van der Waals surface area contributed by atoms with Crippen molar-refractivity contribution in [3.63, 3.8) is 0 Å². The molecule has 2 heterocycles. The number of aromatic nitrogens is 2. The van der Waals surface area contributed by atoms with Gasteiger partial charge >= 0.3 is 0 Å². The second-order valence-corrected chi connectivity index (χ2v) is 5.66. The highest BCUT2D eigenvalue weighted by molar-refractivity contribution is 6.30. The summed E-state index contributed by atoms with van der Waals surface area (Å²) in [6.07, 6.45) is 2.85. The van der Waals surface area contributed by atoms with Gasteiger partial charge in [-0.05, 0) is 42.8 Å². The minimum absolute atomic E-state index is 0.595. The Morgan fingerprint density at radius 1 is 1.19 bits per heavy atom. The Morgan fingerprint density at radius 3 is 2.81 bits per heavy atom. The van der Waals surface area contributed by atoms with Crippen LogP contribution in [-0.4, -0.2) is 17.0 Å². The minimum Gasteiger partial charge on any atom is -0.361 e. The molecule has 0 bridgehead atoms. The zero-order valence-electron chi connectivity index (χ0n) is 12.2. The molecule has 3 rings (SSSR count). The van der Waals surface area contributed by atoms with Crippen LogP contribution < -0.4 is 5.32 Å². The maximum atomic E-state index is 6.22. The summed E-state index contributed by atoms with van der Waals surface area (Å²) in [5.41, 5.74) is 5.68. The van der Waals surface area contributed by atoms with Gasteiger partial charge in [0, 0.05) is 35.8 Å². The molecule has 4 heteroatoms. The highest BCUT2D eigenvalue weighted by Crippen LogP contribution is 2.23. The molecule has 2 aromatic heterocycles. The van der Waals surface area contributed by atoms with Crippen molar-refractivity contribution in [2.24, 2.45) is 0 Å². The van der Waals surface area contributed by atoms with Gasteiger partial charge < -0.3 is 10.3 Å². The summed E-state index contributed by atoms with van der Waals surface area (Å²) in [5, 5.41) is 5.04. The molecule has 108 valence electrons. The summed E-state index contributed by atoms with van der Waals surface area (Å²) in [4.78, 5) is 7.64. The Labute approximate surface area is 129 Å². The van der Waals surface area contributed by atoms with Gasteiger partial charge in [0.05, 0.1) is 0 Å². The number of nitrogens with zero attached hydrogens (tertiary/aromatic N) is 1. The highest BCUT2D eigenvalue weighted by atomic mass is 35.5. The number of pyridine rings is 1. The summed E-state index contributed by atoms with van der Waals surface area (Å²) in [5.74, 6) is 0. The normalized spacial score (nSPS) is 11.2. The first-order chi connectivity index (χ1) is 10.2. The van der Waals surface area contributed by atoms with Gasteiger partial charge in [0.25, 0.3) is 0 Å². The predicted molar refractivity (Wildman–Crippen MR) is 87.9 cm³/mol. The van der Waals surface area contributed by atoms with Crippen molar-refractivity contribution in [3.8, 4) is 0 Å². The molecule has 0 atom stereocenters. The lowest BCUT2D eigenvalue weighted by Gasteiger charge is -2.06. The van der Waals surface area contributed by atoms with E-state index in [2.05, 4.69) is 45.7 Å². The van der Waals surface area contributed by atoms with Gasteiger partial charge in [-0.3, -0.25) is 0 Å². The first-order valence-electron chi connectivity index (χ1n) is 7.03. The quantitative estimate of drug-likeness (QED) is 0.719. The van der Waals surface area contributed by atoms with Crippen LogP contribution >= 0.6 is 11.6 Å². The van der Waals surface area contributed by atoms with E-state index in [9.17, 15) is 0 Å². The largest absolute Gasteiger partial charge is 0.361 e. The van der Waals surface area contributed by atoms with E-state index in [4.69, 9.17) is 11.6 Å². The monoisotopic (exact) mass is 299 g/mol. The van der Waals surface area contributed by atoms with Crippen molar-refractivity contribution in [1.82, 2.24) is 15.3 Å². The Bertz CT molecular complexity index is 777. The number of aromatic amines is 1. The van der Waals surface area contributed by atoms with E-state index in [-0.39, 0.29) is 0 Å². The van der Waals surface area contributed by atoms with E-state index in [0.29, 0.717) is 5.15 Å². The molecule has 0 aliphatic heterocycles. The van der Waals surface area contributed by atoms with E-state index in [1.54, 1.807) is 0 Å². The fraction of sp³-hybridized carbons (Fsp3) is 0.235. The van der Waals surface area contributed by atoms with Gasteiger partial charge in [0.15, 0.2) is 0 Å². The second-order valence-electron chi connectivity index (χ2n) is 5.30. The van der Waals surface area contributed by atoms with Crippen molar-refractivity contribution < 1.29 is 0 Å². The first kappa shape index (κ1) is 14.1. The lowest BCUT2D eigenvalue weighted by atomic mass is 10.0. The third kappa shape index (κ3) is 2.94. The summed E-state index contributed by atoms with van der Waals surface area (Å²) >= 11 is 6.22. The lowest BCUT2D eigenvalue weighted by Crippen LogP contribution is -2.03. The molecule has 0 aliphatic carbocycles. The molecular formula is C17H18ClN3. The van der Waals surface area contributed by atoms with Crippen molar-refractivity contribution >= 4 is 22.5 Å². The number of H-pyrrole nitrogens is 1. The molecule has 0 amide bonds. The lowest BCUT2D eigenvalue weighted by molar-refractivity contribution is 0.823. The number of benzene rings is 1. The van der Waals surface area contributed by atoms with Crippen LogP contribution in [0.5, 0.6) is 0 Å². The minimum atomic E-state index is 0.595. The Kier molecular flexibility index (Phi) is 3.95. The van der Waals surface area contributed by atoms with Gasteiger partial charge in [-0.1, -0.05) is 29.8 Å². The van der Waals surface area contributed by atoms with Gasteiger partial charge in [-0.2, -0.15) is 0 Å². The van der Waals surface area contributed by atoms with Gasteiger partial charge in [-0.15, -0.1) is 0 Å². The molecule has 0 radical (unpaired) electrons. The van der Waals surface area contributed by atoms with Crippen LogP contribution in [0.15, 0.2) is 36.5 Å². The van der Waals surface area contributed by atoms with Crippen molar-refractivity contribution in [1.29, 1.82) is 0 Å². The average Bonchev–Trinajstić information content (AvgIpc) is 2.85. The molecule has 0 aliphatic rings. The topological polar surface area (TPSA) is 40.7 Å². The molecule has 3 nitrogen and oxygen atoms in total. The first-order valence-corrected chi connectivity index (χ1v) is 7.40. The molecule has 2 N–H and O–H groups in total. The zero-order chi connectivity index (χ0) is 14.8. The molecule has 0 unspecified atom stereocenters. The highest BCUT2D eigenvalue weighted by Gasteiger charge is 2.07. The van der Waals surface area contributed by atoms with E-state index in [1.807, 2.05) is 20.0 Å². The zero-order valence-corrected chi connectivity index (χ0v) is 13.0. The molecule has 0 saturated carbocycles. The fourth-order valence-electron chi connectivity index (χ4n) is 2.59. The van der Waals surface area contributed by atoms with Crippen LogP contribution in [0.1, 0.15) is 22.4 Å². The van der Waals surface area contributed by atoms with Crippen molar-refractivity contribution in [2.45, 2.75) is 19.9 Å². The molecule has 21 heavy (non-hydrogen) atoms. The molecule has 0 saturated heterocycles. The van der Waals surface area contributed by atoms with E-state index < -0.39 is 0 Å². The third-order valence-electron chi connectivity index (χ3n) is 3.66. The van der Waals surface area contributed by atoms with E-state index >= 15 is 0 Å². The summed E-state index contributed by atoms with van der Waals surface area (Å²) in [7, 11) is 1.96. The van der Waals surface area contributed by atoms with Crippen LogP contribution in [0.3, 0.4) is 0 Å². The molecule has 3 aromatic rings. The fourth-order valence-corrected chi connectivity index (χ4v) is 2.85. The Hall–Kier alpha value is -1.84. The van der Waals surface area contributed by atoms with Gasteiger partial charge in [-0.25, -0.2) is 4.98 Å². The summed E-state index contributed by atoms with van der Waals surface area (Å²) < 4.78 is 0. The summed E-state index contributed by atoms with van der Waals surface area (Å²) in [6, 6.07) is 10.6. The second kappa shape index (κ2) is 5.88. The van der Waals surface area contributed by atoms with Crippen LogP contribution in [0.2, 0.25) is 5.15 Å². The number of hydrogen-bond acceptors (Lipinski definition) is 2. The maximum Gasteiger partial charge on any atom is 0.132 e. The molecule has 1 aromatic carbocycles. The van der Waals surface area contributed by atoms with Crippen LogP contribution in [0.4, 0.5) is 0 Å². The SMILES string of the molecule is CNCc1c[nH]c2cc(Cc3ccc(C)nc3Cl)ccc12. The van der Waals surface area contributed by atoms with E-state index in [1.165, 1.54) is 16.5 Å². The molecule has 0 spiro atoms. The number of aryl methyl sites for hydroxylation is 1. The van der Waals surface area contributed by atoms with Crippen LogP contribution in [0, 0.1) is 6.92 Å². The maximum absolute atomic E-state index is 6.22. The van der Waals surface area contributed by atoms with E-state index in [0.717, 1.165) is 29.7 Å². The standard InChI is InChI=1S/C17H18ClN3/c1-11-3-5-13(17(18)21-11)7-12-4-6-15-14(9-19-2)10-20-16(15)8-12/h3-6,8,10,19-20H,7,9H2,1-2H3. The number of rotatable bonds is 4. The van der Waals surface area contributed by atoms with Crippen molar-refractivity contribution in [3.05, 3.63) is 64.1 Å². The predicted octanol–water partition coefficient (Wildman–Crippen LogP) is 3.83. The summed E-state index contributed by atoms with van der Waals surface area (Å²) in [6.45, 7) is 2.82. The molecule has 0 fully saturated rings. The average molecular weight is 300 g/mol. The van der Waals surface area contributed by atoms with Gasteiger partial charge in [0.1, 0.15) is 5.15 Å². The van der Waals surface area contributed by atoms with Crippen molar-refractivity contribution in [2.75, 3.05) is 7.05 Å². The number of nitrogens with one attached hydrogen (secondary N) is 2. The number of hydrogen-bond donors (Lipinski definition) is 2. The third-order valence-corrected chi connectivity index (χ3v) is 3.99. The Balaban J connectivity index is 1.91. The number of fused-ring (bicyclic) bond motifs is 1. The number of halogens is 1.